The number of hydrogen-bond acceptors (Lipinski definition) is 5. The molecule has 2 heterocycles. The molecule has 0 spiro atoms. The zero-order chi connectivity index (χ0) is 18.1. The molecule has 0 aromatic heterocycles. The average molecular weight is 355 g/mol. The van der Waals surface area contributed by atoms with Crippen LogP contribution >= 0.6 is 0 Å². The molecule has 0 fully saturated rings. The number of methoxy groups -OCH3 is 2. The fourth-order valence-corrected chi connectivity index (χ4v) is 3.48. The van der Waals surface area contributed by atoms with E-state index in [2.05, 4.69) is 5.32 Å². The van der Waals surface area contributed by atoms with Crippen LogP contribution in [-0.4, -0.2) is 33.3 Å². The lowest BCUT2D eigenvalue weighted by Gasteiger charge is -2.14. The lowest BCUT2D eigenvalue weighted by Crippen LogP contribution is -2.16. The van der Waals surface area contributed by atoms with E-state index in [4.69, 9.17) is 18.9 Å². The molecule has 2 aromatic rings. The Morgan fingerprint density at radius 2 is 1.88 bits per heavy atom. The van der Waals surface area contributed by atoms with Crippen LogP contribution in [0.4, 0.5) is 5.69 Å². The molecule has 0 radical (unpaired) electrons. The Morgan fingerprint density at radius 1 is 1.08 bits per heavy atom. The second-order valence-electron chi connectivity index (χ2n) is 6.33. The molecule has 2 aromatic carbocycles. The first kappa shape index (κ1) is 16.6. The molecular weight excluding hydrogens is 334 g/mol. The van der Waals surface area contributed by atoms with E-state index in [1.165, 1.54) is 0 Å². The van der Waals surface area contributed by atoms with Gasteiger partial charge in [0.1, 0.15) is 11.5 Å². The van der Waals surface area contributed by atoms with Gasteiger partial charge >= 0.3 is 0 Å². The van der Waals surface area contributed by atoms with Gasteiger partial charge < -0.3 is 24.3 Å². The summed E-state index contributed by atoms with van der Waals surface area (Å²) >= 11 is 0. The molecule has 136 valence electrons. The van der Waals surface area contributed by atoms with E-state index in [0.717, 1.165) is 46.7 Å². The highest BCUT2D eigenvalue weighted by Crippen LogP contribution is 2.44. The highest BCUT2D eigenvalue weighted by Gasteiger charge is 2.27. The van der Waals surface area contributed by atoms with Gasteiger partial charge in [-0.25, -0.2) is 0 Å². The average Bonchev–Trinajstić information content (AvgIpc) is 3.30. The second kappa shape index (κ2) is 6.78. The van der Waals surface area contributed by atoms with Crippen molar-refractivity contribution in [3.05, 3.63) is 41.0 Å². The van der Waals surface area contributed by atoms with Crippen molar-refractivity contribution in [1.82, 2.24) is 0 Å². The summed E-state index contributed by atoms with van der Waals surface area (Å²) in [6, 6.07) is 7.52. The topological polar surface area (TPSA) is 66.0 Å². The summed E-state index contributed by atoms with van der Waals surface area (Å²) in [5.41, 5.74) is 3.72. The molecule has 6 heteroatoms. The van der Waals surface area contributed by atoms with Gasteiger partial charge in [0.25, 0.3) is 0 Å². The maximum Gasteiger partial charge on any atom is 0.228 e. The lowest BCUT2D eigenvalue weighted by molar-refractivity contribution is -0.115. The van der Waals surface area contributed by atoms with Crippen LogP contribution in [0.5, 0.6) is 23.0 Å². The number of fused-ring (bicyclic) bond motifs is 2. The third-order valence-electron chi connectivity index (χ3n) is 4.73. The van der Waals surface area contributed by atoms with E-state index in [-0.39, 0.29) is 12.3 Å². The number of nitrogens with one attached hydrogen (secondary N) is 1. The Balaban J connectivity index is 1.56. The lowest BCUT2D eigenvalue weighted by atomic mass is 10.0. The van der Waals surface area contributed by atoms with E-state index in [0.29, 0.717) is 24.7 Å². The Hall–Kier alpha value is -2.89. The van der Waals surface area contributed by atoms with Crippen LogP contribution in [0.1, 0.15) is 16.7 Å². The molecule has 0 saturated carbocycles. The zero-order valence-electron chi connectivity index (χ0n) is 14.9. The standard InChI is InChI=1S/C20H21NO5/c1-23-15-4-3-12(9-17(15)24-2)10-18(22)21-19-14-6-8-25-16(14)11-13-5-7-26-20(13)19/h3-4,9,11H,5-8,10H2,1-2H3,(H,21,22). The smallest absolute Gasteiger partial charge is 0.228 e. The number of amides is 1. The van der Waals surface area contributed by atoms with Gasteiger partial charge in [-0.3, -0.25) is 4.79 Å². The maximum absolute atomic E-state index is 12.7. The number of anilines is 1. The Labute approximate surface area is 152 Å². The molecule has 0 atom stereocenters. The molecule has 1 amide bonds. The van der Waals surface area contributed by atoms with Crippen LogP contribution in [-0.2, 0) is 24.1 Å². The van der Waals surface area contributed by atoms with Crippen LogP contribution < -0.4 is 24.3 Å². The van der Waals surface area contributed by atoms with Gasteiger partial charge in [-0.2, -0.15) is 0 Å². The van der Waals surface area contributed by atoms with Crippen molar-refractivity contribution in [1.29, 1.82) is 0 Å². The van der Waals surface area contributed by atoms with Gasteiger partial charge in [0, 0.05) is 24.0 Å². The summed E-state index contributed by atoms with van der Waals surface area (Å²) in [6.45, 7) is 1.27. The molecule has 1 N–H and O–H groups in total. The Kier molecular flexibility index (Phi) is 4.32. The van der Waals surface area contributed by atoms with E-state index < -0.39 is 0 Å². The summed E-state index contributed by atoms with van der Waals surface area (Å²) in [6.07, 6.45) is 1.85. The van der Waals surface area contributed by atoms with Gasteiger partial charge in [-0.05, 0) is 23.8 Å². The van der Waals surface area contributed by atoms with Crippen LogP contribution in [0.3, 0.4) is 0 Å². The van der Waals surface area contributed by atoms with Crippen LogP contribution in [0, 0.1) is 0 Å². The highest BCUT2D eigenvalue weighted by atomic mass is 16.5. The first-order valence-electron chi connectivity index (χ1n) is 8.64. The Morgan fingerprint density at radius 3 is 2.69 bits per heavy atom. The second-order valence-corrected chi connectivity index (χ2v) is 6.33. The number of ether oxygens (including phenoxy) is 4. The van der Waals surface area contributed by atoms with E-state index >= 15 is 0 Å². The summed E-state index contributed by atoms with van der Waals surface area (Å²) in [5.74, 6) is 2.79. The quantitative estimate of drug-likeness (QED) is 0.893. The first-order chi connectivity index (χ1) is 12.7. The van der Waals surface area contributed by atoms with Gasteiger partial charge in [0.15, 0.2) is 11.5 Å². The largest absolute Gasteiger partial charge is 0.493 e. The van der Waals surface area contributed by atoms with Crippen molar-refractivity contribution in [2.75, 3.05) is 32.8 Å². The third kappa shape index (κ3) is 2.92. The summed E-state index contributed by atoms with van der Waals surface area (Å²) < 4.78 is 22.0. The summed E-state index contributed by atoms with van der Waals surface area (Å²) in [5, 5.41) is 3.04. The molecule has 0 unspecified atom stereocenters. The molecule has 2 aliphatic heterocycles. The molecule has 0 bridgehead atoms. The Bertz CT molecular complexity index is 830. The van der Waals surface area contributed by atoms with Crippen LogP contribution in [0.15, 0.2) is 24.3 Å². The minimum absolute atomic E-state index is 0.102. The minimum Gasteiger partial charge on any atom is -0.493 e. The summed E-state index contributed by atoms with van der Waals surface area (Å²) in [7, 11) is 3.17. The van der Waals surface area contributed by atoms with Crippen molar-refractivity contribution < 1.29 is 23.7 Å². The van der Waals surface area contributed by atoms with Crippen molar-refractivity contribution in [3.63, 3.8) is 0 Å². The number of hydrogen-bond donors (Lipinski definition) is 1. The molecule has 4 rings (SSSR count). The zero-order valence-corrected chi connectivity index (χ0v) is 14.9. The molecular formula is C20H21NO5. The van der Waals surface area contributed by atoms with Gasteiger partial charge in [-0.15, -0.1) is 0 Å². The predicted molar refractivity (Wildman–Crippen MR) is 96.7 cm³/mol. The molecule has 2 aliphatic rings. The molecule has 0 aliphatic carbocycles. The summed E-state index contributed by atoms with van der Waals surface area (Å²) in [4.78, 5) is 12.7. The van der Waals surface area contributed by atoms with E-state index in [1.54, 1.807) is 20.3 Å². The fraction of sp³-hybridized carbons (Fsp3) is 0.350. The molecule has 6 nitrogen and oxygen atoms in total. The van der Waals surface area contributed by atoms with Gasteiger partial charge in [0.05, 0.1) is 39.5 Å². The SMILES string of the molecule is COc1ccc(CC(=O)Nc2c3c(cc4c2OCC4)OCC3)cc1OC. The maximum atomic E-state index is 12.7. The molecule has 0 saturated heterocycles. The monoisotopic (exact) mass is 355 g/mol. The van der Waals surface area contributed by atoms with Crippen molar-refractivity contribution in [2.24, 2.45) is 0 Å². The van der Waals surface area contributed by atoms with E-state index in [1.807, 2.05) is 18.2 Å². The number of rotatable bonds is 5. The van der Waals surface area contributed by atoms with E-state index in [9.17, 15) is 4.79 Å². The highest BCUT2D eigenvalue weighted by molar-refractivity contribution is 5.95. The number of carbonyl (C=O) groups is 1. The van der Waals surface area contributed by atoms with Crippen molar-refractivity contribution in [2.45, 2.75) is 19.3 Å². The first-order valence-corrected chi connectivity index (χ1v) is 8.64. The fourth-order valence-electron chi connectivity index (χ4n) is 3.48. The predicted octanol–water partition coefficient (Wildman–Crippen LogP) is 2.75. The molecule has 26 heavy (non-hydrogen) atoms. The van der Waals surface area contributed by atoms with Crippen molar-refractivity contribution >= 4 is 11.6 Å². The van der Waals surface area contributed by atoms with Gasteiger partial charge in [0.2, 0.25) is 5.91 Å². The normalized spacial score (nSPS) is 14.1. The number of carbonyl (C=O) groups excluding carboxylic acids is 1. The van der Waals surface area contributed by atoms with Crippen LogP contribution in [0.25, 0.3) is 0 Å². The van der Waals surface area contributed by atoms with Crippen LogP contribution in [0.2, 0.25) is 0 Å². The van der Waals surface area contributed by atoms with Crippen molar-refractivity contribution in [3.8, 4) is 23.0 Å². The minimum atomic E-state index is -0.102. The van der Waals surface area contributed by atoms with Gasteiger partial charge in [-0.1, -0.05) is 6.07 Å². The third-order valence-corrected chi connectivity index (χ3v) is 4.73. The number of benzene rings is 2.